The van der Waals surface area contributed by atoms with Gasteiger partial charge in [0.25, 0.3) is 0 Å². The SMILES string of the molecule is CN1C(=O)N(Cc2ccc(F)c(F)c2)C[C@H]1CCOc1ccc(OC(C)(C)C(=O)O)cc1. The van der Waals surface area contributed by atoms with Crippen molar-refractivity contribution in [2.75, 3.05) is 20.2 Å². The normalized spacial score (nSPS) is 16.4. The Balaban J connectivity index is 1.50. The molecule has 1 atom stereocenters. The van der Waals surface area contributed by atoms with Gasteiger partial charge in [-0.3, -0.25) is 0 Å². The van der Waals surface area contributed by atoms with E-state index in [0.717, 1.165) is 12.1 Å². The van der Waals surface area contributed by atoms with E-state index in [2.05, 4.69) is 0 Å². The van der Waals surface area contributed by atoms with Gasteiger partial charge in [0.15, 0.2) is 17.2 Å². The van der Waals surface area contributed by atoms with Crippen LogP contribution in [0.1, 0.15) is 25.8 Å². The fourth-order valence-corrected chi connectivity index (χ4v) is 3.36. The van der Waals surface area contributed by atoms with Crippen molar-refractivity contribution in [2.24, 2.45) is 0 Å². The lowest BCUT2D eigenvalue weighted by Crippen LogP contribution is -2.37. The molecule has 1 aliphatic rings. The van der Waals surface area contributed by atoms with E-state index in [-0.39, 0.29) is 18.6 Å². The zero-order valence-electron chi connectivity index (χ0n) is 18.2. The summed E-state index contributed by atoms with van der Waals surface area (Å²) in [6.07, 6.45) is 0.584. The first-order chi connectivity index (χ1) is 15.1. The molecule has 1 N–H and O–H groups in total. The van der Waals surface area contributed by atoms with Gasteiger partial charge in [-0.25, -0.2) is 18.4 Å². The van der Waals surface area contributed by atoms with Crippen LogP contribution in [0, 0.1) is 11.6 Å². The third-order valence-corrected chi connectivity index (χ3v) is 5.34. The van der Waals surface area contributed by atoms with E-state index in [0.29, 0.717) is 36.6 Å². The molecule has 1 aliphatic heterocycles. The highest BCUT2D eigenvalue weighted by Crippen LogP contribution is 2.24. The molecule has 2 aromatic carbocycles. The maximum atomic E-state index is 13.4. The predicted molar refractivity (Wildman–Crippen MR) is 113 cm³/mol. The number of aliphatic carboxylic acids is 1. The second-order valence-electron chi connectivity index (χ2n) is 8.20. The van der Waals surface area contributed by atoms with Gasteiger partial charge in [0.05, 0.1) is 12.6 Å². The van der Waals surface area contributed by atoms with Crippen LogP contribution >= 0.6 is 0 Å². The zero-order valence-corrected chi connectivity index (χ0v) is 18.2. The molecule has 0 aliphatic carbocycles. The molecule has 3 rings (SSSR count). The summed E-state index contributed by atoms with van der Waals surface area (Å²) in [5.41, 5.74) is -0.816. The Bertz CT molecular complexity index is 981. The molecule has 0 radical (unpaired) electrons. The molecule has 0 saturated carbocycles. The summed E-state index contributed by atoms with van der Waals surface area (Å²) in [5, 5.41) is 9.13. The molecule has 7 nitrogen and oxygen atoms in total. The number of hydrogen-bond donors (Lipinski definition) is 1. The van der Waals surface area contributed by atoms with Gasteiger partial charge in [-0.15, -0.1) is 0 Å². The Hall–Kier alpha value is -3.36. The van der Waals surface area contributed by atoms with E-state index in [4.69, 9.17) is 14.6 Å². The van der Waals surface area contributed by atoms with Gasteiger partial charge in [-0.1, -0.05) is 6.07 Å². The van der Waals surface area contributed by atoms with Gasteiger partial charge < -0.3 is 24.4 Å². The van der Waals surface area contributed by atoms with E-state index in [9.17, 15) is 18.4 Å². The van der Waals surface area contributed by atoms with E-state index >= 15 is 0 Å². The van der Waals surface area contributed by atoms with Crippen LogP contribution in [0.25, 0.3) is 0 Å². The molecular formula is C23H26F2N2O5. The van der Waals surface area contributed by atoms with Crippen LogP contribution in [0.3, 0.4) is 0 Å². The number of amides is 2. The van der Waals surface area contributed by atoms with Gasteiger partial charge in [-0.05, 0) is 55.8 Å². The fourth-order valence-electron chi connectivity index (χ4n) is 3.36. The standard InChI is InChI=1S/C23H26F2N2O5/c1-23(2,21(28)29)32-18-7-5-17(6-8-18)31-11-10-16-14-27(22(30)26(16)3)13-15-4-9-19(24)20(25)12-15/h4-9,12,16H,10-11,13-14H2,1-3H3,(H,28,29)/t16-/m1/s1. The van der Waals surface area contributed by atoms with Crippen LogP contribution < -0.4 is 9.47 Å². The molecule has 0 unspecified atom stereocenters. The Kier molecular flexibility index (Phi) is 6.86. The van der Waals surface area contributed by atoms with Crippen molar-refractivity contribution in [3.8, 4) is 11.5 Å². The Morgan fingerprint density at radius 2 is 1.78 bits per heavy atom. The number of benzene rings is 2. The molecule has 0 aromatic heterocycles. The number of rotatable bonds is 9. The van der Waals surface area contributed by atoms with Gasteiger partial charge in [0.2, 0.25) is 0 Å². The summed E-state index contributed by atoms with van der Waals surface area (Å²) in [5.74, 6) is -1.91. The molecule has 9 heteroatoms. The smallest absolute Gasteiger partial charge is 0.347 e. The number of carboxylic acids is 1. The molecule has 0 bridgehead atoms. The number of urea groups is 1. The first-order valence-corrected chi connectivity index (χ1v) is 10.2. The Morgan fingerprint density at radius 3 is 2.41 bits per heavy atom. The first kappa shape index (κ1) is 23.3. The molecule has 0 spiro atoms. The fraction of sp³-hybridized carbons (Fsp3) is 0.391. The van der Waals surface area contributed by atoms with Gasteiger partial charge >= 0.3 is 12.0 Å². The predicted octanol–water partition coefficient (Wildman–Crippen LogP) is 3.91. The van der Waals surface area contributed by atoms with Crippen molar-refractivity contribution < 1.29 is 33.0 Å². The largest absolute Gasteiger partial charge is 0.494 e. The maximum absolute atomic E-state index is 13.4. The van der Waals surface area contributed by atoms with Crippen molar-refractivity contribution in [2.45, 2.75) is 38.5 Å². The average Bonchev–Trinajstić information content (AvgIpc) is 2.99. The molecule has 172 valence electrons. The van der Waals surface area contributed by atoms with Crippen LogP contribution in [-0.4, -0.2) is 58.7 Å². The van der Waals surface area contributed by atoms with Gasteiger partial charge in [0.1, 0.15) is 11.5 Å². The number of carboxylic acid groups (broad SMARTS) is 1. The lowest BCUT2D eigenvalue weighted by molar-refractivity contribution is -0.152. The van der Waals surface area contributed by atoms with Crippen molar-refractivity contribution in [1.29, 1.82) is 0 Å². The number of carbonyl (C=O) groups is 2. The summed E-state index contributed by atoms with van der Waals surface area (Å²) in [6.45, 7) is 3.95. The number of carbonyl (C=O) groups excluding carboxylic acids is 1. The summed E-state index contributed by atoms with van der Waals surface area (Å²) >= 11 is 0. The molecular weight excluding hydrogens is 422 g/mol. The second-order valence-corrected chi connectivity index (χ2v) is 8.20. The third kappa shape index (κ3) is 5.46. The van der Waals surface area contributed by atoms with E-state index in [1.807, 2.05) is 0 Å². The summed E-state index contributed by atoms with van der Waals surface area (Å²) in [7, 11) is 1.70. The quantitative estimate of drug-likeness (QED) is 0.629. The molecule has 32 heavy (non-hydrogen) atoms. The van der Waals surface area contributed by atoms with E-state index in [1.165, 1.54) is 19.9 Å². The summed E-state index contributed by atoms with van der Waals surface area (Å²) in [6, 6.07) is 10.0. The van der Waals surface area contributed by atoms with Gasteiger partial charge in [0, 0.05) is 26.6 Å². The van der Waals surface area contributed by atoms with Crippen LogP contribution in [-0.2, 0) is 11.3 Å². The first-order valence-electron chi connectivity index (χ1n) is 10.2. The highest BCUT2D eigenvalue weighted by molar-refractivity contribution is 5.77. The van der Waals surface area contributed by atoms with Crippen LogP contribution in [0.4, 0.5) is 13.6 Å². The van der Waals surface area contributed by atoms with Crippen LogP contribution in [0.5, 0.6) is 11.5 Å². The second kappa shape index (κ2) is 9.42. The number of nitrogens with zero attached hydrogens (tertiary/aromatic N) is 2. The third-order valence-electron chi connectivity index (χ3n) is 5.34. The van der Waals surface area contributed by atoms with E-state index < -0.39 is 23.2 Å². The number of likely N-dealkylation sites (N-methyl/N-ethyl adjacent to an activating group) is 1. The number of hydrogen-bond acceptors (Lipinski definition) is 4. The lowest BCUT2D eigenvalue weighted by atomic mass is 10.1. The molecule has 1 fully saturated rings. The summed E-state index contributed by atoms with van der Waals surface area (Å²) < 4.78 is 37.7. The maximum Gasteiger partial charge on any atom is 0.347 e. The Labute approximate surface area is 185 Å². The molecule has 2 aromatic rings. The minimum atomic E-state index is -1.34. The highest BCUT2D eigenvalue weighted by atomic mass is 19.2. The highest BCUT2D eigenvalue weighted by Gasteiger charge is 2.34. The minimum Gasteiger partial charge on any atom is -0.494 e. The van der Waals surface area contributed by atoms with Crippen molar-refractivity contribution >= 4 is 12.0 Å². The lowest BCUT2D eigenvalue weighted by Gasteiger charge is -2.21. The molecule has 1 heterocycles. The van der Waals surface area contributed by atoms with Crippen molar-refractivity contribution in [3.63, 3.8) is 0 Å². The number of ether oxygens (including phenoxy) is 2. The average molecular weight is 448 g/mol. The molecule has 1 saturated heterocycles. The minimum absolute atomic E-state index is 0.0771. The summed E-state index contributed by atoms with van der Waals surface area (Å²) in [4.78, 5) is 26.9. The monoisotopic (exact) mass is 448 g/mol. The zero-order chi connectivity index (χ0) is 23.5. The van der Waals surface area contributed by atoms with E-state index in [1.54, 1.807) is 41.1 Å². The topological polar surface area (TPSA) is 79.3 Å². The van der Waals surface area contributed by atoms with Crippen LogP contribution in [0.2, 0.25) is 0 Å². The Morgan fingerprint density at radius 1 is 1.12 bits per heavy atom. The molecule has 2 amide bonds. The van der Waals surface area contributed by atoms with Crippen molar-refractivity contribution in [1.82, 2.24) is 9.80 Å². The number of halogens is 2. The van der Waals surface area contributed by atoms with Gasteiger partial charge in [-0.2, -0.15) is 0 Å². The van der Waals surface area contributed by atoms with Crippen LogP contribution in [0.15, 0.2) is 42.5 Å². The van der Waals surface area contributed by atoms with Crippen molar-refractivity contribution in [3.05, 3.63) is 59.7 Å².